The van der Waals surface area contributed by atoms with Gasteiger partial charge in [-0.05, 0) is 58.1 Å². The summed E-state index contributed by atoms with van der Waals surface area (Å²) in [5.74, 6) is 0.868. The van der Waals surface area contributed by atoms with Crippen LogP contribution in [0.5, 0.6) is 5.75 Å². The number of amidine groups is 1. The van der Waals surface area contributed by atoms with Gasteiger partial charge in [0.15, 0.2) is 5.60 Å². The second-order valence-corrected chi connectivity index (χ2v) is 10.3. The number of hydrogen-bond acceptors (Lipinski definition) is 5. The van der Waals surface area contributed by atoms with Gasteiger partial charge in [-0.1, -0.05) is 44.6 Å². The summed E-state index contributed by atoms with van der Waals surface area (Å²) in [6, 6.07) is 7.36. The number of anilines is 1. The molecule has 3 fully saturated rings. The summed E-state index contributed by atoms with van der Waals surface area (Å²) in [5.41, 5.74) is 1.17. The Morgan fingerprint density at radius 2 is 1.71 bits per heavy atom. The molecule has 0 spiro atoms. The lowest BCUT2D eigenvalue weighted by Crippen LogP contribution is -2.46. The fourth-order valence-corrected chi connectivity index (χ4v) is 5.89. The van der Waals surface area contributed by atoms with E-state index in [2.05, 4.69) is 36.9 Å². The maximum Gasteiger partial charge on any atom is 0.295 e. The predicted molar refractivity (Wildman–Crippen MR) is 138 cm³/mol. The molecular formula is C28H43N3O3. The second-order valence-electron chi connectivity index (χ2n) is 10.3. The van der Waals surface area contributed by atoms with Gasteiger partial charge in [-0.2, -0.15) is 0 Å². The number of carbonyl (C=O) groups excluding carboxylic acids is 1. The van der Waals surface area contributed by atoms with Crippen LogP contribution in [0.4, 0.5) is 5.69 Å². The Hall–Kier alpha value is -2.24. The van der Waals surface area contributed by atoms with Crippen LogP contribution in [0, 0.1) is 0 Å². The number of benzene rings is 1. The highest BCUT2D eigenvalue weighted by Gasteiger charge is 2.52. The molecule has 1 unspecified atom stereocenters. The molecular weight excluding hydrogens is 426 g/mol. The quantitative estimate of drug-likeness (QED) is 0.488. The van der Waals surface area contributed by atoms with E-state index >= 15 is 0 Å². The van der Waals surface area contributed by atoms with Gasteiger partial charge in [-0.15, -0.1) is 0 Å². The first-order valence-electron chi connectivity index (χ1n) is 13.5. The van der Waals surface area contributed by atoms with Gasteiger partial charge in [0.25, 0.3) is 11.9 Å². The number of methoxy groups -OCH3 is 1. The van der Waals surface area contributed by atoms with Crippen LogP contribution in [0.3, 0.4) is 0 Å². The summed E-state index contributed by atoms with van der Waals surface area (Å²) < 4.78 is 12.3. The van der Waals surface area contributed by atoms with E-state index in [0.29, 0.717) is 12.4 Å². The van der Waals surface area contributed by atoms with Crippen molar-refractivity contribution >= 4 is 17.6 Å². The number of carbonyl (C=O) groups is 1. The summed E-state index contributed by atoms with van der Waals surface area (Å²) in [6.45, 7) is 8.13. The van der Waals surface area contributed by atoms with E-state index in [1.165, 1.54) is 38.5 Å². The largest absolute Gasteiger partial charge is 0.496 e. The molecule has 6 nitrogen and oxygen atoms in total. The fourth-order valence-electron chi connectivity index (χ4n) is 5.89. The predicted octanol–water partition coefficient (Wildman–Crippen LogP) is 5.72. The van der Waals surface area contributed by atoms with Gasteiger partial charge in [-0.25, -0.2) is 4.99 Å². The minimum absolute atomic E-state index is 0.0591. The molecule has 1 saturated heterocycles. The first-order valence-corrected chi connectivity index (χ1v) is 13.5. The lowest BCUT2D eigenvalue weighted by Gasteiger charge is -2.30. The molecule has 188 valence electrons. The number of hydrogen-bond donors (Lipinski definition) is 0. The van der Waals surface area contributed by atoms with Crippen molar-refractivity contribution in [3.63, 3.8) is 0 Å². The topological polar surface area (TPSA) is 54.4 Å². The Morgan fingerprint density at radius 3 is 2.32 bits per heavy atom. The second kappa shape index (κ2) is 11.0. The molecule has 1 aromatic rings. The molecule has 1 amide bonds. The SMILES string of the molecule is CCN(CC)c1ccc(CC2(C)OC(=NC3CCCCC3)N(C3CCCCC3)C2=O)c(OC)c1. The van der Waals surface area contributed by atoms with Crippen molar-refractivity contribution < 1.29 is 14.3 Å². The third-order valence-electron chi connectivity index (χ3n) is 7.93. The zero-order valence-corrected chi connectivity index (χ0v) is 21.6. The molecule has 3 aliphatic rings. The number of aliphatic imine (C=N–C) groups is 1. The minimum atomic E-state index is -0.963. The summed E-state index contributed by atoms with van der Waals surface area (Å²) in [7, 11) is 1.70. The molecule has 4 rings (SSSR count). The van der Waals surface area contributed by atoms with Crippen LogP contribution in [0.1, 0.15) is 90.5 Å². The lowest BCUT2D eigenvalue weighted by molar-refractivity contribution is -0.137. The fraction of sp³-hybridized carbons (Fsp3) is 0.714. The monoisotopic (exact) mass is 469 g/mol. The molecule has 1 atom stereocenters. The first kappa shape index (κ1) is 24.9. The van der Waals surface area contributed by atoms with Crippen molar-refractivity contribution in [2.24, 2.45) is 4.99 Å². The lowest BCUT2D eigenvalue weighted by atomic mass is 9.91. The molecule has 0 aromatic heterocycles. The average molecular weight is 470 g/mol. The molecule has 0 bridgehead atoms. The Labute approximate surface area is 205 Å². The van der Waals surface area contributed by atoms with Crippen molar-refractivity contribution in [2.45, 2.75) is 109 Å². The number of rotatable bonds is 8. The molecule has 1 aliphatic heterocycles. The molecule has 2 aliphatic carbocycles. The highest BCUT2D eigenvalue weighted by Crippen LogP contribution is 2.37. The number of amides is 1. The smallest absolute Gasteiger partial charge is 0.295 e. The van der Waals surface area contributed by atoms with E-state index in [0.717, 1.165) is 55.8 Å². The van der Waals surface area contributed by atoms with Crippen LogP contribution in [0.2, 0.25) is 0 Å². The maximum absolute atomic E-state index is 13.9. The van der Waals surface area contributed by atoms with E-state index in [9.17, 15) is 4.79 Å². The maximum atomic E-state index is 13.9. The standard InChI is InChI=1S/C28H43N3O3/c1-5-30(6-2)24-18-17-21(25(19-24)33-4)20-28(3)26(32)31(23-15-11-8-12-16-23)27(34-28)29-22-13-9-7-10-14-22/h17-19,22-23H,5-16,20H2,1-4H3. The van der Waals surface area contributed by atoms with E-state index in [1.807, 2.05) is 11.8 Å². The molecule has 1 heterocycles. The van der Waals surface area contributed by atoms with Gasteiger partial charge in [0, 0.05) is 37.3 Å². The Morgan fingerprint density at radius 1 is 1.06 bits per heavy atom. The van der Waals surface area contributed by atoms with Gasteiger partial charge >= 0.3 is 0 Å². The molecule has 2 saturated carbocycles. The zero-order chi connectivity index (χ0) is 24.1. The molecule has 1 aromatic carbocycles. The first-order chi connectivity index (χ1) is 16.5. The Kier molecular flexibility index (Phi) is 8.05. The highest BCUT2D eigenvalue weighted by molar-refractivity contribution is 6.05. The van der Waals surface area contributed by atoms with E-state index < -0.39 is 5.60 Å². The summed E-state index contributed by atoms with van der Waals surface area (Å²) in [5, 5.41) is 0. The number of ether oxygens (including phenoxy) is 2. The third-order valence-corrected chi connectivity index (χ3v) is 7.93. The van der Waals surface area contributed by atoms with Crippen LogP contribution < -0.4 is 9.64 Å². The van der Waals surface area contributed by atoms with Gasteiger partial charge in [0.1, 0.15) is 5.75 Å². The van der Waals surface area contributed by atoms with Crippen molar-refractivity contribution in [1.29, 1.82) is 0 Å². The molecule has 34 heavy (non-hydrogen) atoms. The van der Waals surface area contributed by atoms with Crippen molar-refractivity contribution in [3.8, 4) is 5.75 Å². The van der Waals surface area contributed by atoms with E-state index in [1.54, 1.807) is 7.11 Å². The van der Waals surface area contributed by atoms with Gasteiger partial charge in [0.05, 0.1) is 13.2 Å². The molecule has 0 radical (unpaired) electrons. The minimum Gasteiger partial charge on any atom is -0.496 e. The zero-order valence-electron chi connectivity index (χ0n) is 21.6. The van der Waals surface area contributed by atoms with E-state index in [4.69, 9.17) is 14.5 Å². The normalized spacial score (nSPS) is 25.6. The summed E-state index contributed by atoms with van der Waals surface area (Å²) in [6.07, 6.45) is 12.0. The average Bonchev–Trinajstić information content (AvgIpc) is 3.10. The molecule has 0 N–H and O–H groups in total. The van der Waals surface area contributed by atoms with Crippen LogP contribution in [0.15, 0.2) is 23.2 Å². The van der Waals surface area contributed by atoms with Gasteiger partial charge in [-0.3, -0.25) is 9.69 Å². The van der Waals surface area contributed by atoms with E-state index in [-0.39, 0.29) is 18.0 Å². The third kappa shape index (κ3) is 5.21. The van der Waals surface area contributed by atoms with Crippen LogP contribution in [-0.2, 0) is 16.0 Å². The molecule has 6 heteroatoms. The van der Waals surface area contributed by atoms with Gasteiger partial charge in [0.2, 0.25) is 0 Å². The van der Waals surface area contributed by atoms with Crippen LogP contribution in [-0.4, -0.2) is 54.7 Å². The summed E-state index contributed by atoms with van der Waals surface area (Å²) >= 11 is 0. The highest BCUT2D eigenvalue weighted by atomic mass is 16.5. The number of nitrogens with zero attached hydrogens (tertiary/aromatic N) is 3. The summed E-state index contributed by atoms with van der Waals surface area (Å²) in [4.78, 5) is 23.2. The van der Waals surface area contributed by atoms with Crippen molar-refractivity contribution in [1.82, 2.24) is 4.90 Å². The van der Waals surface area contributed by atoms with Crippen LogP contribution >= 0.6 is 0 Å². The Balaban J connectivity index is 1.62. The van der Waals surface area contributed by atoms with Gasteiger partial charge < -0.3 is 14.4 Å². The van der Waals surface area contributed by atoms with Crippen LogP contribution in [0.25, 0.3) is 0 Å². The van der Waals surface area contributed by atoms with Crippen molar-refractivity contribution in [3.05, 3.63) is 23.8 Å². The Bertz CT molecular complexity index is 870. The van der Waals surface area contributed by atoms with Crippen molar-refractivity contribution in [2.75, 3.05) is 25.1 Å².